The molecule has 0 spiro atoms. The van der Waals surface area contributed by atoms with Gasteiger partial charge in [0.25, 0.3) is 0 Å². The Labute approximate surface area is 110 Å². The Morgan fingerprint density at radius 1 is 1.53 bits per heavy atom. The highest BCUT2D eigenvalue weighted by molar-refractivity contribution is 7.91. The van der Waals surface area contributed by atoms with Crippen molar-refractivity contribution in [2.24, 2.45) is 0 Å². The van der Waals surface area contributed by atoms with Crippen molar-refractivity contribution in [3.05, 3.63) is 16.5 Å². The van der Waals surface area contributed by atoms with Gasteiger partial charge in [-0.15, -0.1) is 11.3 Å². The van der Waals surface area contributed by atoms with E-state index < -0.39 is 10.0 Å². The van der Waals surface area contributed by atoms with Crippen LogP contribution in [0.5, 0.6) is 0 Å². The fraction of sp³-hybridized carbons (Fsp3) is 0.600. The predicted octanol–water partition coefficient (Wildman–Crippen LogP) is 1.82. The van der Waals surface area contributed by atoms with Crippen LogP contribution in [0.3, 0.4) is 0 Å². The van der Waals surface area contributed by atoms with Crippen LogP contribution in [-0.2, 0) is 10.0 Å². The number of nitrogens with one attached hydrogen (secondary N) is 2. The largest absolute Gasteiger partial charge is 0.314 e. The first-order chi connectivity index (χ1) is 8.08. The fourth-order valence-electron chi connectivity index (χ4n) is 1.88. The van der Waals surface area contributed by atoms with Gasteiger partial charge in [0.15, 0.2) is 0 Å². The lowest BCUT2D eigenvalue weighted by Gasteiger charge is -2.10. The topological polar surface area (TPSA) is 58.2 Å². The van der Waals surface area contributed by atoms with Crippen molar-refractivity contribution in [2.75, 3.05) is 13.1 Å². The van der Waals surface area contributed by atoms with Crippen molar-refractivity contribution < 1.29 is 8.42 Å². The molecule has 2 heterocycles. The molecular formula is C10H15ClN2O2S2. The first-order valence-electron chi connectivity index (χ1n) is 5.56. The van der Waals surface area contributed by atoms with E-state index in [4.69, 9.17) is 11.6 Å². The van der Waals surface area contributed by atoms with E-state index in [1.807, 2.05) is 0 Å². The molecule has 0 aromatic carbocycles. The summed E-state index contributed by atoms with van der Waals surface area (Å²) in [7, 11) is -3.37. The van der Waals surface area contributed by atoms with Gasteiger partial charge in [-0.3, -0.25) is 0 Å². The summed E-state index contributed by atoms with van der Waals surface area (Å²) in [4.78, 5) is 0. The first-order valence-corrected chi connectivity index (χ1v) is 8.24. The van der Waals surface area contributed by atoms with E-state index in [2.05, 4.69) is 10.0 Å². The Balaban J connectivity index is 1.85. The second-order valence-electron chi connectivity index (χ2n) is 4.04. The van der Waals surface area contributed by atoms with Crippen molar-refractivity contribution in [3.63, 3.8) is 0 Å². The predicted molar refractivity (Wildman–Crippen MR) is 70.2 cm³/mol. The third-order valence-electron chi connectivity index (χ3n) is 2.76. The van der Waals surface area contributed by atoms with Crippen LogP contribution in [0.25, 0.3) is 0 Å². The molecule has 1 saturated heterocycles. The summed E-state index contributed by atoms with van der Waals surface area (Å²) in [6, 6.07) is 3.58. The van der Waals surface area contributed by atoms with Gasteiger partial charge < -0.3 is 5.32 Å². The van der Waals surface area contributed by atoms with Gasteiger partial charge in [0.1, 0.15) is 4.21 Å². The molecule has 0 radical (unpaired) electrons. The zero-order valence-electron chi connectivity index (χ0n) is 9.28. The molecule has 17 heavy (non-hydrogen) atoms. The molecule has 2 rings (SSSR count). The minimum absolute atomic E-state index is 0.280. The summed E-state index contributed by atoms with van der Waals surface area (Å²) in [5, 5.41) is 3.33. The van der Waals surface area contributed by atoms with Crippen LogP contribution < -0.4 is 10.0 Å². The van der Waals surface area contributed by atoms with E-state index in [1.54, 1.807) is 6.07 Å². The van der Waals surface area contributed by atoms with Crippen LogP contribution in [0.1, 0.15) is 19.3 Å². The van der Waals surface area contributed by atoms with Crippen LogP contribution >= 0.6 is 22.9 Å². The molecule has 7 heteroatoms. The standard InChI is InChI=1S/C10H15ClN2O2S2/c11-9-3-4-10(16-9)17(14,15)13-7-5-8-2-1-6-12-8/h3-4,8,12-13H,1-2,5-7H2/t8-/m1/s1. The van der Waals surface area contributed by atoms with Crippen LogP contribution in [0.2, 0.25) is 4.34 Å². The lowest BCUT2D eigenvalue weighted by Crippen LogP contribution is -2.30. The van der Waals surface area contributed by atoms with Crippen LogP contribution in [0.4, 0.5) is 0 Å². The maximum atomic E-state index is 11.8. The van der Waals surface area contributed by atoms with E-state index in [9.17, 15) is 8.42 Å². The smallest absolute Gasteiger partial charge is 0.250 e. The van der Waals surface area contributed by atoms with Crippen LogP contribution in [0, 0.1) is 0 Å². The number of sulfonamides is 1. The van der Waals surface area contributed by atoms with Gasteiger partial charge in [0.05, 0.1) is 4.34 Å². The van der Waals surface area contributed by atoms with Gasteiger partial charge in [-0.2, -0.15) is 0 Å². The maximum Gasteiger partial charge on any atom is 0.250 e. The molecule has 4 nitrogen and oxygen atoms in total. The third-order valence-corrected chi connectivity index (χ3v) is 5.94. The second kappa shape index (κ2) is 5.67. The molecule has 0 aliphatic carbocycles. The molecule has 1 fully saturated rings. The van der Waals surface area contributed by atoms with E-state index in [0.717, 1.165) is 30.7 Å². The minimum atomic E-state index is -3.37. The van der Waals surface area contributed by atoms with Crippen molar-refractivity contribution in [1.29, 1.82) is 0 Å². The normalized spacial score (nSPS) is 20.9. The number of hydrogen-bond donors (Lipinski definition) is 2. The summed E-state index contributed by atoms with van der Waals surface area (Å²) >= 11 is 6.80. The molecule has 0 bridgehead atoms. The van der Waals surface area contributed by atoms with Crippen molar-refractivity contribution >= 4 is 33.0 Å². The quantitative estimate of drug-likeness (QED) is 0.871. The van der Waals surface area contributed by atoms with Gasteiger partial charge in [-0.25, -0.2) is 13.1 Å². The number of halogens is 1. The number of rotatable bonds is 5. The SMILES string of the molecule is O=S(=O)(NCC[C@H]1CCCN1)c1ccc(Cl)s1. The molecule has 0 unspecified atom stereocenters. The number of hydrogen-bond acceptors (Lipinski definition) is 4. The summed E-state index contributed by atoms with van der Waals surface area (Å²) in [5.74, 6) is 0. The van der Waals surface area contributed by atoms with Gasteiger partial charge in [-0.1, -0.05) is 11.6 Å². The van der Waals surface area contributed by atoms with Crippen LogP contribution in [0.15, 0.2) is 16.3 Å². The zero-order valence-corrected chi connectivity index (χ0v) is 11.7. The summed E-state index contributed by atoms with van der Waals surface area (Å²) < 4.78 is 27.0. The Hall–Kier alpha value is -0.140. The minimum Gasteiger partial charge on any atom is -0.314 e. The van der Waals surface area contributed by atoms with Crippen molar-refractivity contribution in [1.82, 2.24) is 10.0 Å². The highest BCUT2D eigenvalue weighted by Crippen LogP contribution is 2.25. The van der Waals surface area contributed by atoms with E-state index in [1.165, 1.54) is 12.5 Å². The Morgan fingerprint density at radius 3 is 2.94 bits per heavy atom. The molecule has 0 amide bonds. The Morgan fingerprint density at radius 2 is 2.35 bits per heavy atom. The molecule has 0 saturated carbocycles. The van der Waals surface area contributed by atoms with Crippen molar-refractivity contribution in [2.45, 2.75) is 29.5 Å². The zero-order chi connectivity index (χ0) is 12.3. The van der Waals surface area contributed by atoms with Gasteiger partial charge in [0.2, 0.25) is 10.0 Å². The summed E-state index contributed by atoms with van der Waals surface area (Å²) in [6.45, 7) is 1.51. The highest BCUT2D eigenvalue weighted by Gasteiger charge is 2.18. The van der Waals surface area contributed by atoms with E-state index >= 15 is 0 Å². The van der Waals surface area contributed by atoms with Crippen molar-refractivity contribution in [3.8, 4) is 0 Å². The summed E-state index contributed by atoms with van der Waals surface area (Å²) in [5.41, 5.74) is 0. The maximum absolute atomic E-state index is 11.8. The lowest BCUT2D eigenvalue weighted by molar-refractivity contribution is 0.540. The molecule has 96 valence electrons. The van der Waals surface area contributed by atoms with Gasteiger partial charge in [-0.05, 0) is 37.9 Å². The monoisotopic (exact) mass is 294 g/mol. The lowest BCUT2D eigenvalue weighted by atomic mass is 10.2. The Kier molecular flexibility index (Phi) is 4.43. The molecule has 1 aromatic rings. The Bertz CT molecular complexity index is 466. The average Bonchev–Trinajstić information content (AvgIpc) is 2.89. The fourth-order valence-corrected chi connectivity index (χ4v) is 4.46. The first kappa shape index (κ1) is 13.3. The third kappa shape index (κ3) is 3.66. The molecule has 1 aromatic heterocycles. The highest BCUT2D eigenvalue weighted by atomic mass is 35.5. The molecule has 2 N–H and O–H groups in total. The molecule has 1 aliphatic heterocycles. The van der Waals surface area contributed by atoms with E-state index in [-0.39, 0.29) is 4.21 Å². The second-order valence-corrected chi connectivity index (χ2v) is 7.75. The molecule has 1 atom stereocenters. The van der Waals surface area contributed by atoms with E-state index in [0.29, 0.717) is 16.9 Å². The van der Waals surface area contributed by atoms with Gasteiger partial charge in [0, 0.05) is 12.6 Å². The average molecular weight is 295 g/mol. The van der Waals surface area contributed by atoms with Gasteiger partial charge >= 0.3 is 0 Å². The molecule has 1 aliphatic rings. The molecular weight excluding hydrogens is 280 g/mol. The number of thiophene rings is 1. The van der Waals surface area contributed by atoms with Crippen LogP contribution in [-0.4, -0.2) is 27.5 Å². The summed E-state index contributed by atoms with van der Waals surface area (Å²) in [6.07, 6.45) is 3.14.